The van der Waals surface area contributed by atoms with E-state index in [0.717, 1.165) is 24.1 Å². The van der Waals surface area contributed by atoms with Gasteiger partial charge in [-0.3, -0.25) is 0 Å². The largest absolute Gasteiger partial charge is 0.457 e. The van der Waals surface area contributed by atoms with E-state index in [2.05, 4.69) is 28.2 Å². The van der Waals surface area contributed by atoms with Gasteiger partial charge >= 0.3 is 0 Å². The third-order valence-electron chi connectivity index (χ3n) is 3.10. The second-order valence-corrected chi connectivity index (χ2v) is 5.72. The lowest BCUT2D eigenvalue weighted by atomic mass is 10.0. The highest BCUT2D eigenvalue weighted by Crippen LogP contribution is 2.29. The highest BCUT2D eigenvalue weighted by Gasteiger charge is 2.18. The molecule has 2 nitrogen and oxygen atoms in total. The van der Waals surface area contributed by atoms with Gasteiger partial charge in [0.25, 0.3) is 0 Å². The van der Waals surface area contributed by atoms with Gasteiger partial charge in [-0.2, -0.15) is 0 Å². The van der Waals surface area contributed by atoms with E-state index in [-0.39, 0.29) is 11.9 Å². The molecular formula is C15H16BrClFNO. The van der Waals surface area contributed by atoms with Crippen molar-refractivity contribution in [1.29, 1.82) is 0 Å². The minimum atomic E-state index is -0.318. The summed E-state index contributed by atoms with van der Waals surface area (Å²) in [7, 11) is 0. The van der Waals surface area contributed by atoms with Crippen molar-refractivity contribution in [2.24, 2.45) is 0 Å². The summed E-state index contributed by atoms with van der Waals surface area (Å²) < 4.78 is 19.1. The molecule has 0 aliphatic rings. The van der Waals surface area contributed by atoms with E-state index in [9.17, 15) is 4.39 Å². The predicted molar refractivity (Wildman–Crippen MR) is 82.6 cm³/mol. The Balaban J connectivity index is 2.21. The molecule has 1 N–H and O–H groups in total. The average molecular weight is 361 g/mol. The molecule has 2 aromatic rings. The van der Waals surface area contributed by atoms with Gasteiger partial charge in [0.1, 0.15) is 5.82 Å². The monoisotopic (exact) mass is 359 g/mol. The lowest BCUT2D eigenvalue weighted by molar-refractivity contribution is 0.497. The Kier molecular flexibility index (Phi) is 5.64. The van der Waals surface area contributed by atoms with Crippen LogP contribution in [-0.4, -0.2) is 6.54 Å². The van der Waals surface area contributed by atoms with Gasteiger partial charge in [0.15, 0.2) is 4.67 Å². The van der Waals surface area contributed by atoms with E-state index in [1.165, 1.54) is 12.1 Å². The lowest BCUT2D eigenvalue weighted by Crippen LogP contribution is -2.24. The van der Waals surface area contributed by atoms with Crippen LogP contribution in [0.4, 0.5) is 4.39 Å². The van der Waals surface area contributed by atoms with E-state index in [1.54, 1.807) is 12.3 Å². The second-order valence-electron chi connectivity index (χ2n) is 4.60. The van der Waals surface area contributed by atoms with Crippen LogP contribution in [-0.2, 0) is 6.42 Å². The summed E-state index contributed by atoms with van der Waals surface area (Å²) in [5.41, 5.74) is 1.95. The van der Waals surface area contributed by atoms with Crippen LogP contribution in [0.15, 0.2) is 39.6 Å². The summed E-state index contributed by atoms with van der Waals surface area (Å²) in [6.07, 6.45) is 3.35. The molecule has 1 aromatic carbocycles. The van der Waals surface area contributed by atoms with E-state index < -0.39 is 0 Å². The first-order valence-corrected chi connectivity index (χ1v) is 7.69. The summed E-state index contributed by atoms with van der Waals surface area (Å²) in [5, 5.41) is 3.91. The van der Waals surface area contributed by atoms with Crippen molar-refractivity contribution >= 4 is 27.5 Å². The number of furan rings is 1. The Morgan fingerprint density at radius 3 is 2.80 bits per heavy atom. The Hall–Kier alpha value is -0.840. The van der Waals surface area contributed by atoms with Crippen LogP contribution in [0.25, 0.3) is 0 Å². The minimum absolute atomic E-state index is 0.0750. The molecule has 0 fully saturated rings. The molecule has 1 atom stereocenters. The van der Waals surface area contributed by atoms with Crippen molar-refractivity contribution < 1.29 is 8.81 Å². The van der Waals surface area contributed by atoms with Crippen LogP contribution < -0.4 is 5.32 Å². The molecule has 0 spiro atoms. The maximum atomic E-state index is 13.1. The average Bonchev–Trinajstić information content (AvgIpc) is 2.83. The number of hydrogen-bond donors (Lipinski definition) is 1. The minimum Gasteiger partial charge on any atom is -0.457 e. The molecule has 5 heteroatoms. The van der Waals surface area contributed by atoms with Gasteiger partial charge < -0.3 is 9.73 Å². The highest BCUT2D eigenvalue weighted by molar-refractivity contribution is 9.10. The maximum Gasteiger partial charge on any atom is 0.173 e. The van der Waals surface area contributed by atoms with Crippen LogP contribution in [0.2, 0.25) is 5.02 Å². The van der Waals surface area contributed by atoms with Crippen LogP contribution >= 0.6 is 27.5 Å². The SMILES string of the molecule is CCCNC(Cc1ccc(F)cc1Cl)c1ccoc1Br. The van der Waals surface area contributed by atoms with E-state index in [1.807, 2.05) is 6.07 Å². The van der Waals surface area contributed by atoms with Gasteiger partial charge in [-0.15, -0.1) is 0 Å². The number of rotatable bonds is 6. The maximum absolute atomic E-state index is 13.1. The Bertz CT molecular complexity index is 573. The van der Waals surface area contributed by atoms with Crippen molar-refractivity contribution in [3.63, 3.8) is 0 Å². The third kappa shape index (κ3) is 3.84. The summed E-state index contributed by atoms with van der Waals surface area (Å²) in [6.45, 7) is 3.00. The van der Waals surface area contributed by atoms with Gasteiger partial charge in [0.05, 0.1) is 6.26 Å². The number of benzene rings is 1. The van der Waals surface area contributed by atoms with Gasteiger partial charge in [0.2, 0.25) is 0 Å². The molecule has 0 radical (unpaired) electrons. The van der Waals surface area contributed by atoms with Crippen LogP contribution in [0.5, 0.6) is 0 Å². The normalized spacial score (nSPS) is 12.6. The Morgan fingerprint density at radius 1 is 1.40 bits per heavy atom. The standard InChI is InChI=1S/C15H16BrClFNO/c1-2-6-19-14(12-5-7-20-15(12)16)8-10-3-4-11(18)9-13(10)17/h3-5,7,9,14,19H,2,6,8H2,1H3. The first-order chi connectivity index (χ1) is 9.61. The fraction of sp³-hybridized carbons (Fsp3) is 0.333. The molecule has 108 valence electrons. The Morgan fingerprint density at radius 2 is 2.20 bits per heavy atom. The Labute approximate surface area is 131 Å². The van der Waals surface area contributed by atoms with Crippen molar-refractivity contribution in [3.8, 4) is 0 Å². The molecule has 0 aliphatic carbocycles. The van der Waals surface area contributed by atoms with Gasteiger partial charge in [0, 0.05) is 16.6 Å². The van der Waals surface area contributed by atoms with Crippen molar-refractivity contribution in [1.82, 2.24) is 5.32 Å². The first kappa shape index (κ1) is 15.5. The molecule has 1 aromatic heterocycles. The molecule has 2 rings (SSSR count). The summed E-state index contributed by atoms with van der Waals surface area (Å²) in [5.74, 6) is -0.318. The smallest absolute Gasteiger partial charge is 0.173 e. The molecule has 0 saturated carbocycles. The fourth-order valence-electron chi connectivity index (χ4n) is 2.07. The quantitative estimate of drug-likeness (QED) is 0.773. The second kappa shape index (κ2) is 7.25. The van der Waals surface area contributed by atoms with Crippen LogP contribution in [0.1, 0.15) is 30.5 Å². The third-order valence-corrected chi connectivity index (χ3v) is 4.10. The van der Waals surface area contributed by atoms with Crippen LogP contribution in [0, 0.1) is 5.82 Å². The van der Waals surface area contributed by atoms with Crippen LogP contribution in [0.3, 0.4) is 0 Å². The van der Waals surface area contributed by atoms with Gasteiger partial charge in [-0.25, -0.2) is 4.39 Å². The van der Waals surface area contributed by atoms with Gasteiger partial charge in [-0.1, -0.05) is 24.6 Å². The fourth-order valence-corrected chi connectivity index (χ4v) is 2.83. The summed E-state index contributed by atoms with van der Waals surface area (Å²) in [6, 6.07) is 6.51. The molecule has 0 aliphatic heterocycles. The molecule has 0 saturated heterocycles. The number of hydrogen-bond acceptors (Lipinski definition) is 2. The molecule has 1 unspecified atom stereocenters. The summed E-state index contributed by atoms with van der Waals surface area (Å²) >= 11 is 9.51. The zero-order valence-electron chi connectivity index (χ0n) is 11.1. The number of nitrogens with one attached hydrogen (secondary N) is 1. The molecule has 20 heavy (non-hydrogen) atoms. The first-order valence-electron chi connectivity index (χ1n) is 6.52. The highest BCUT2D eigenvalue weighted by atomic mass is 79.9. The lowest BCUT2D eigenvalue weighted by Gasteiger charge is -2.18. The molecule has 1 heterocycles. The zero-order valence-corrected chi connectivity index (χ0v) is 13.5. The zero-order chi connectivity index (χ0) is 14.5. The van der Waals surface area contributed by atoms with Gasteiger partial charge in [-0.05, 0) is 59.1 Å². The predicted octanol–water partition coefficient (Wildman–Crippen LogP) is 5.12. The van der Waals surface area contributed by atoms with Crippen molar-refractivity contribution in [2.75, 3.05) is 6.54 Å². The number of halogens is 3. The van der Waals surface area contributed by atoms with Crippen molar-refractivity contribution in [3.05, 3.63) is 57.2 Å². The topological polar surface area (TPSA) is 25.2 Å². The van der Waals surface area contributed by atoms with E-state index in [4.69, 9.17) is 16.0 Å². The summed E-state index contributed by atoms with van der Waals surface area (Å²) in [4.78, 5) is 0. The molecular weight excluding hydrogens is 345 g/mol. The molecule has 0 amide bonds. The van der Waals surface area contributed by atoms with E-state index >= 15 is 0 Å². The van der Waals surface area contributed by atoms with E-state index in [0.29, 0.717) is 16.1 Å². The molecule has 0 bridgehead atoms. The van der Waals surface area contributed by atoms with Crippen molar-refractivity contribution in [2.45, 2.75) is 25.8 Å².